The second-order valence-corrected chi connectivity index (χ2v) is 5.66. The molecule has 0 amide bonds. The molecule has 2 aromatic heterocycles. The van der Waals surface area contributed by atoms with E-state index in [1.807, 2.05) is 22.6 Å². The highest BCUT2D eigenvalue weighted by molar-refractivity contribution is 7.17. The van der Waals surface area contributed by atoms with Crippen LogP contribution >= 0.6 is 11.3 Å². The van der Waals surface area contributed by atoms with Gasteiger partial charge in [0.05, 0.1) is 11.9 Å². The Balaban J connectivity index is 1.99. The van der Waals surface area contributed by atoms with Gasteiger partial charge in [0.1, 0.15) is 5.82 Å². The average molecular weight is 287 g/mol. The van der Waals surface area contributed by atoms with Crippen LogP contribution in [0.5, 0.6) is 11.5 Å². The summed E-state index contributed by atoms with van der Waals surface area (Å²) in [6.45, 7) is 2.42. The molecular formula is C14H13N3O2S. The molecule has 4 rings (SSSR count). The molecule has 2 N–H and O–H groups in total. The lowest BCUT2D eigenvalue weighted by Gasteiger charge is -2.06. The zero-order chi connectivity index (χ0) is 13.7. The van der Waals surface area contributed by atoms with E-state index in [4.69, 9.17) is 15.2 Å². The molecular weight excluding hydrogens is 274 g/mol. The number of thiazole rings is 1. The Morgan fingerprint density at radius 1 is 1.35 bits per heavy atom. The number of hydrogen-bond donors (Lipinski definition) is 1. The first-order chi connectivity index (χ1) is 9.78. The quantitative estimate of drug-likeness (QED) is 0.787. The van der Waals surface area contributed by atoms with E-state index in [2.05, 4.69) is 11.9 Å². The van der Waals surface area contributed by atoms with E-state index >= 15 is 0 Å². The molecule has 0 bridgehead atoms. The summed E-state index contributed by atoms with van der Waals surface area (Å²) >= 11 is 1.67. The molecule has 1 aliphatic rings. The summed E-state index contributed by atoms with van der Waals surface area (Å²) in [4.78, 5) is 6.53. The molecule has 0 spiro atoms. The number of rotatable bonds is 2. The van der Waals surface area contributed by atoms with Gasteiger partial charge in [0.2, 0.25) is 6.79 Å². The highest BCUT2D eigenvalue weighted by Gasteiger charge is 2.19. The van der Waals surface area contributed by atoms with Crippen molar-refractivity contribution in [1.29, 1.82) is 0 Å². The summed E-state index contributed by atoms with van der Waals surface area (Å²) in [6.07, 6.45) is 2.64. The van der Waals surface area contributed by atoms with E-state index in [1.54, 1.807) is 17.5 Å². The van der Waals surface area contributed by atoms with Crippen molar-refractivity contribution in [1.82, 2.24) is 9.38 Å². The van der Waals surface area contributed by atoms with Crippen LogP contribution in [0.2, 0.25) is 0 Å². The number of aromatic nitrogens is 2. The van der Waals surface area contributed by atoms with E-state index in [1.165, 1.54) is 4.88 Å². The predicted molar refractivity (Wildman–Crippen MR) is 78.4 cm³/mol. The fraction of sp³-hybridized carbons (Fsp3) is 0.214. The van der Waals surface area contributed by atoms with Gasteiger partial charge in [-0.25, -0.2) is 4.98 Å². The molecule has 0 saturated carbocycles. The van der Waals surface area contributed by atoms with Crippen LogP contribution in [0, 0.1) is 0 Å². The first-order valence-electron chi connectivity index (χ1n) is 6.42. The molecule has 0 aliphatic carbocycles. The number of nitrogens with zero attached hydrogens (tertiary/aromatic N) is 2. The van der Waals surface area contributed by atoms with Crippen LogP contribution in [-0.4, -0.2) is 16.2 Å². The van der Waals surface area contributed by atoms with Crippen molar-refractivity contribution in [2.45, 2.75) is 13.3 Å². The number of imidazole rings is 1. The third-order valence-electron chi connectivity index (χ3n) is 3.43. The molecule has 5 nitrogen and oxygen atoms in total. The average Bonchev–Trinajstić information content (AvgIpc) is 3.14. The highest BCUT2D eigenvalue weighted by atomic mass is 32.1. The van der Waals surface area contributed by atoms with Crippen molar-refractivity contribution < 1.29 is 9.47 Å². The van der Waals surface area contributed by atoms with Crippen LogP contribution in [0.25, 0.3) is 16.2 Å². The van der Waals surface area contributed by atoms with Gasteiger partial charge in [-0.05, 0) is 24.6 Å². The number of aryl methyl sites for hydroxylation is 1. The zero-order valence-corrected chi connectivity index (χ0v) is 11.7. The molecule has 0 unspecified atom stereocenters. The minimum Gasteiger partial charge on any atom is -0.454 e. The first-order valence-corrected chi connectivity index (χ1v) is 7.24. The number of nitrogen functional groups attached to an aromatic ring is 1. The maximum atomic E-state index is 6.05. The molecule has 1 aliphatic heterocycles. The maximum absolute atomic E-state index is 6.05. The lowest BCUT2D eigenvalue weighted by atomic mass is 10.1. The Morgan fingerprint density at radius 3 is 3.05 bits per heavy atom. The summed E-state index contributed by atoms with van der Waals surface area (Å²) in [5.41, 5.74) is 8.22. The van der Waals surface area contributed by atoms with Crippen LogP contribution in [0.15, 0.2) is 24.4 Å². The predicted octanol–water partition coefficient (Wildman–Crippen LogP) is 2.94. The number of ether oxygens (including phenoxy) is 2. The molecule has 0 atom stereocenters. The van der Waals surface area contributed by atoms with E-state index < -0.39 is 0 Å². The second-order valence-electron chi connectivity index (χ2n) is 4.60. The van der Waals surface area contributed by atoms with Crippen LogP contribution in [0.1, 0.15) is 11.8 Å². The first kappa shape index (κ1) is 11.6. The Morgan fingerprint density at radius 2 is 2.20 bits per heavy atom. The van der Waals surface area contributed by atoms with Crippen molar-refractivity contribution in [3.8, 4) is 22.8 Å². The van der Waals surface area contributed by atoms with Gasteiger partial charge >= 0.3 is 0 Å². The molecule has 1 aromatic carbocycles. The standard InChI is InChI=1S/C14H13N3O2S/c1-2-11-13(17-12(15)6-16-14(17)20-11)8-3-4-9-10(5-8)19-7-18-9/h3-6H,2,7,15H2,1H3. The molecule has 3 aromatic rings. The Labute approximate surface area is 119 Å². The molecule has 0 radical (unpaired) electrons. The fourth-order valence-electron chi connectivity index (χ4n) is 2.50. The third kappa shape index (κ3) is 1.51. The van der Waals surface area contributed by atoms with Gasteiger partial charge in [-0.2, -0.15) is 0 Å². The molecule has 0 saturated heterocycles. The van der Waals surface area contributed by atoms with Crippen molar-refractivity contribution >= 4 is 22.1 Å². The number of nitrogens with two attached hydrogens (primary N) is 1. The molecule has 3 heterocycles. The minimum atomic E-state index is 0.283. The number of anilines is 1. The van der Waals surface area contributed by atoms with Crippen molar-refractivity contribution in [3.05, 3.63) is 29.3 Å². The van der Waals surface area contributed by atoms with Crippen LogP contribution in [0.4, 0.5) is 5.82 Å². The largest absolute Gasteiger partial charge is 0.454 e. The Bertz CT molecular complexity index is 806. The summed E-state index contributed by atoms with van der Waals surface area (Å²) < 4.78 is 12.8. The van der Waals surface area contributed by atoms with Gasteiger partial charge in [0, 0.05) is 10.4 Å². The maximum Gasteiger partial charge on any atom is 0.231 e. The van der Waals surface area contributed by atoms with Crippen molar-refractivity contribution in [2.24, 2.45) is 0 Å². The van der Waals surface area contributed by atoms with Gasteiger partial charge in [-0.15, -0.1) is 11.3 Å². The minimum absolute atomic E-state index is 0.283. The Kier molecular flexibility index (Phi) is 2.40. The number of hydrogen-bond acceptors (Lipinski definition) is 5. The van der Waals surface area contributed by atoms with Crippen LogP contribution in [-0.2, 0) is 6.42 Å². The molecule has 6 heteroatoms. The van der Waals surface area contributed by atoms with E-state index in [0.29, 0.717) is 5.82 Å². The molecule has 102 valence electrons. The van der Waals surface area contributed by atoms with E-state index in [-0.39, 0.29) is 6.79 Å². The van der Waals surface area contributed by atoms with E-state index in [0.717, 1.165) is 34.1 Å². The van der Waals surface area contributed by atoms with Crippen LogP contribution < -0.4 is 15.2 Å². The monoisotopic (exact) mass is 287 g/mol. The number of fused-ring (bicyclic) bond motifs is 2. The van der Waals surface area contributed by atoms with Crippen LogP contribution in [0.3, 0.4) is 0 Å². The van der Waals surface area contributed by atoms with Gasteiger partial charge in [0.25, 0.3) is 0 Å². The number of benzene rings is 1. The van der Waals surface area contributed by atoms with Gasteiger partial charge in [-0.3, -0.25) is 4.40 Å². The van der Waals surface area contributed by atoms with Gasteiger partial charge < -0.3 is 15.2 Å². The third-order valence-corrected chi connectivity index (χ3v) is 4.63. The van der Waals surface area contributed by atoms with Gasteiger partial charge in [-0.1, -0.05) is 6.92 Å². The SMILES string of the molecule is CCc1sc2ncc(N)n2c1-c1ccc2c(c1)OCO2. The molecule has 20 heavy (non-hydrogen) atoms. The van der Waals surface area contributed by atoms with Gasteiger partial charge in [0.15, 0.2) is 16.5 Å². The summed E-state index contributed by atoms with van der Waals surface area (Å²) in [7, 11) is 0. The van der Waals surface area contributed by atoms with Crippen molar-refractivity contribution in [3.63, 3.8) is 0 Å². The summed E-state index contributed by atoms with van der Waals surface area (Å²) in [6, 6.07) is 5.98. The summed E-state index contributed by atoms with van der Waals surface area (Å²) in [5, 5.41) is 0. The van der Waals surface area contributed by atoms with Crippen molar-refractivity contribution in [2.75, 3.05) is 12.5 Å². The summed E-state index contributed by atoms with van der Waals surface area (Å²) in [5.74, 6) is 2.23. The Hall–Kier alpha value is -2.21. The fourth-order valence-corrected chi connectivity index (χ4v) is 3.56. The lowest BCUT2D eigenvalue weighted by Crippen LogP contribution is -1.95. The topological polar surface area (TPSA) is 61.8 Å². The normalized spacial score (nSPS) is 13.2. The van der Waals surface area contributed by atoms with E-state index in [9.17, 15) is 0 Å². The second kappa shape index (κ2) is 4.14. The highest BCUT2D eigenvalue weighted by Crippen LogP contribution is 2.39. The molecule has 0 fully saturated rings. The smallest absolute Gasteiger partial charge is 0.231 e. The lowest BCUT2D eigenvalue weighted by molar-refractivity contribution is 0.174. The zero-order valence-electron chi connectivity index (χ0n) is 10.9.